The van der Waals surface area contributed by atoms with Crippen LogP contribution in [0.3, 0.4) is 0 Å². The van der Waals surface area contributed by atoms with E-state index in [1.807, 2.05) is 6.42 Å². The number of carbonyl (C=O) groups excluding carboxylic acids is 1. The van der Waals surface area contributed by atoms with Crippen LogP contribution >= 0.6 is 0 Å². The van der Waals surface area contributed by atoms with Gasteiger partial charge in [-0.15, -0.1) is 0 Å². The van der Waals surface area contributed by atoms with Crippen molar-refractivity contribution in [3.63, 3.8) is 0 Å². The molecule has 2 rings (SSSR count). The van der Waals surface area contributed by atoms with Crippen molar-refractivity contribution in [2.24, 2.45) is 0 Å². The molecule has 0 bridgehead atoms. The molecule has 0 spiro atoms. The van der Waals surface area contributed by atoms with E-state index >= 15 is 0 Å². The number of hydrogen-bond acceptors (Lipinski definition) is 2. The summed E-state index contributed by atoms with van der Waals surface area (Å²) in [6.07, 6.45) is 12.4. The van der Waals surface area contributed by atoms with Crippen molar-refractivity contribution >= 4 is 11.8 Å². The standard InChI is InChI=1S/C9H12O3.C5H10.Fe/c10-8(5-6-9(11)12)7-3-1-2-4-7;1-2-4-5-3-1;/h3H,1-2,4-6H2,(H,11,12);1-5H2;. The number of hydrogen-bond donors (Lipinski definition) is 1. The molecule has 3 nitrogen and oxygen atoms in total. The molecule has 0 aromatic heterocycles. The first kappa shape index (κ1) is 17.7. The molecule has 0 saturated heterocycles. The van der Waals surface area contributed by atoms with Crippen LogP contribution in [0.15, 0.2) is 0 Å². The monoisotopic (exact) mass is 294 g/mol. The molecular formula is C14H22FeO3. The Balaban J connectivity index is 0.000000405. The Bertz CT molecular complexity index is 236. The summed E-state index contributed by atoms with van der Waals surface area (Å²) in [5.41, 5.74) is 0. The summed E-state index contributed by atoms with van der Waals surface area (Å²) in [7, 11) is 0. The smallest absolute Gasteiger partial charge is 0.303 e. The molecule has 2 fully saturated rings. The third-order valence-electron chi connectivity index (χ3n) is 3.22. The number of carboxylic acids is 1. The molecule has 0 atom stereocenters. The van der Waals surface area contributed by atoms with Gasteiger partial charge in [-0.3, -0.25) is 9.59 Å². The second kappa shape index (κ2) is 10.6. The molecule has 0 aliphatic heterocycles. The Hall–Kier alpha value is -0.341. The minimum Gasteiger partial charge on any atom is -0.481 e. The number of ketones is 1. The number of Topliss-reactive ketones (excluding diaryl/α,β-unsaturated/α-hetero) is 1. The molecule has 0 aromatic rings. The van der Waals surface area contributed by atoms with E-state index in [9.17, 15) is 9.59 Å². The normalized spacial score (nSPS) is 18.7. The van der Waals surface area contributed by atoms with Crippen LogP contribution in [0.5, 0.6) is 0 Å². The largest absolute Gasteiger partial charge is 0.481 e. The summed E-state index contributed by atoms with van der Waals surface area (Å²) >= 11 is 0. The molecule has 2 radical (unpaired) electrons. The van der Waals surface area contributed by atoms with Gasteiger partial charge >= 0.3 is 5.97 Å². The van der Waals surface area contributed by atoms with Gasteiger partial charge in [-0.1, -0.05) is 38.5 Å². The van der Waals surface area contributed by atoms with Crippen molar-refractivity contribution in [2.45, 2.75) is 64.2 Å². The third kappa shape index (κ3) is 7.88. The maximum Gasteiger partial charge on any atom is 0.303 e. The molecule has 2 saturated carbocycles. The number of rotatable bonds is 4. The Morgan fingerprint density at radius 2 is 1.56 bits per heavy atom. The van der Waals surface area contributed by atoms with Gasteiger partial charge in [-0.2, -0.15) is 0 Å². The van der Waals surface area contributed by atoms with Gasteiger partial charge in [-0.25, -0.2) is 0 Å². The van der Waals surface area contributed by atoms with Gasteiger partial charge in [0.25, 0.3) is 0 Å². The van der Waals surface area contributed by atoms with Gasteiger partial charge < -0.3 is 5.11 Å². The van der Waals surface area contributed by atoms with E-state index in [0.29, 0.717) is 0 Å². The Kier molecular flexibility index (Phi) is 10.4. The summed E-state index contributed by atoms with van der Waals surface area (Å²) in [4.78, 5) is 21.4. The van der Waals surface area contributed by atoms with E-state index in [1.54, 1.807) is 0 Å². The van der Waals surface area contributed by atoms with E-state index in [-0.39, 0.29) is 35.7 Å². The SMILES string of the molecule is C1CCCC1.O=C(O)CCC(=O)[C]1[CH]CCC1.[Fe]. The zero-order chi connectivity index (χ0) is 12.5. The van der Waals surface area contributed by atoms with Crippen LogP contribution in [-0.4, -0.2) is 16.9 Å². The number of carbonyl (C=O) groups is 2. The van der Waals surface area contributed by atoms with Gasteiger partial charge in [0.05, 0.1) is 6.42 Å². The number of carboxylic acid groups (broad SMARTS) is 1. The van der Waals surface area contributed by atoms with Crippen LogP contribution < -0.4 is 0 Å². The van der Waals surface area contributed by atoms with Gasteiger partial charge in [0.15, 0.2) is 0 Å². The molecule has 0 heterocycles. The fourth-order valence-electron chi connectivity index (χ4n) is 2.19. The van der Waals surface area contributed by atoms with Crippen LogP contribution in [-0.2, 0) is 26.7 Å². The van der Waals surface area contributed by atoms with Crippen molar-refractivity contribution in [3.8, 4) is 0 Å². The fraction of sp³-hybridized carbons (Fsp3) is 0.714. The molecule has 4 heteroatoms. The van der Waals surface area contributed by atoms with Crippen LogP contribution in [0.1, 0.15) is 64.2 Å². The minimum atomic E-state index is -0.901. The zero-order valence-corrected chi connectivity index (χ0v) is 11.9. The quantitative estimate of drug-likeness (QED) is 0.809. The summed E-state index contributed by atoms with van der Waals surface area (Å²) in [5, 5.41) is 8.33. The predicted octanol–water partition coefficient (Wildman–Crippen LogP) is 3.33. The fourth-order valence-corrected chi connectivity index (χ4v) is 2.19. The Morgan fingerprint density at radius 1 is 1.00 bits per heavy atom. The molecule has 2 aliphatic carbocycles. The minimum absolute atomic E-state index is 0. The Morgan fingerprint density at radius 3 is 1.94 bits per heavy atom. The summed E-state index contributed by atoms with van der Waals surface area (Å²) in [6, 6.07) is 0. The molecule has 104 valence electrons. The molecule has 2 aliphatic rings. The van der Waals surface area contributed by atoms with Crippen molar-refractivity contribution < 1.29 is 31.8 Å². The second-order valence-corrected chi connectivity index (χ2v) is 4.71. The van der Waals surface area contributed by atoms with Crippen molar-refractivity contribution in [1.82, 2.24) is 0 Å². The molecule has 0 unspecified atom stereocenters. The van der Waals surface area contributed by atoms with Gasteiger partial charge in [0.2, 0.25) is 0 Å². The third-order valence-corrected chi connectivity index (χ3v) is 3.22. The average molecular weight is 294 g/mol. The van der Waals surface area contributed by atoms with E-state index in [2.05, 4.69) is 0 Å². The molecule has 18 heavy (non-hydrogen) atoms. The van der Waals surface area contributed by atoms with E-state index < -0.39 is 5.97 Å². The number of aliphatic carboxylic acids is 1. The summed E-state index contributed by atoms with van der Waals surface area (Å²) in [5.74, 6) is -0.0619. The van der Waals surface area contributed by atoms with Gasteiger partial charge in [0.1, 0.15) is 5.78 Å². The van der Waals surface area contributed by atoms with E-state index in [1.165, 1.54) is 32.1 Å². The molecular weight excluding hydrogens is 272 g/mol. The van der Waals surface area contributed by atoms with Crippen LogP contribution in [0.4, 0.5) is 0 Å². The second-order valence-electron chi connectivity index (χ2n) is 4.71. The van der Waals surface area contributed by atoms with Crippen molar-refractivity contribution in [2.75, 3.05) is 0 Å². The molecule has 1 N–H and O–H groups in total. The topological polar surface area (TPSA) is 54.4 Å². The van der Waals surface area contributed by atoms with E-state index in [0.717, 1.165) is 25.2 Å². The first-order chi connectivity index (χ1) is 8.20. The first-order valence-electron chi connectivity index (χ1n) is 6.64. The van der Waals surface area contributed by atoms with Gasteiger partial charge in [-0.05, 0) is 19.3 Å². The average Bonchev–Trinajstić information content (AvgIpc) is 2.99. The molecule has 0 aromatic carbocycles. The van der Waals surface area contributed by atoms with Crippen LogP contribution in [0.2, 0.25) is 0 Å². The summed E-state index contributed by atoms with van der Waals surface area (Å²) in [6.45, 7) is 0. The first-order valence-corrected chi connectivity index (χ1v) is 6.64. The van der Waals surface area contributed by atoms with Crippen LogP contribution in [0, 0.1) is 12.3 Å². The molecule has 0 amide bonds. The van der Waals surface area contributed by atoms with Gasteiger partial charge in [0, 0.05) is 29.4 Å². The Labute approximate surface area is 120 Å². The maximum atomic E-state index is 11.2. The zero-order valence-electron chi connectivity index (χ0n) is 10.8. The van der Waals surface area contributed by atoms with Crippen molar-refractivity contribution in [3.05, 3.63) is 12.3 Å². The maximum absolute atomic E-state index is 11.2. The van der Waals surface area contributed by atoms with Crippen molar-refractivity contribution in [1.29, 1.82) is 0 Å². The van der Waals surface area contributed by atoms with E-state index in [4.69, 9.17) is 5.11 Å². The van der Waals surface area contributed by atoms with Crippen LogP contribution in [0.25, 0.3) is 0 Å². The summed E-state index contributed by atoms with van der Waals surface area (Å²) < 4.78 is 0. The predicted molar refractivity (Wildman–Crippen MR) is 66.4 cm³/mol.